The lowest BCUT2D eigenvalue weighted by Crippen LogP contribution is -2.23. The van der Waals surface area contributed by atoms with Crippen LogP contribution in [0, 0.1) is 0 Å². The van der Waals surface area contributed by atoms with Crippen LogP contribution in [0.1, 0.15) is 25.2 Å². The molecule has 0 bridgehead atoms. The van der Waals surface area contributed by atoms with Crippen LogP contribution in [0.4, 0.5) is 18.9 Å². The Morgan fingerprint density at radius 3 is 2.37 bits per heavy atom. The fraction of sp³-hybridized carbons (Fsp3) is 0.200. The number of aromatic nitrogens is 2. The molecule has 0 saturated heterocycles. The Labute approximate surface area is 171 Å². The third-order valence-corrected chi connectivity index (χ3v) is 5.82. The van der Waals surface area contributed by atoms with E-state index < -0.39 is 20.2 Å². The van der Waals surface area contributed by atoms with Gasteiger partial charge < -0.3 is 9.88 Å². The summed E-state index contributed by atoms with van der Waals surface area (Å²) in [7, 11) is -5.44. The number of sulfone groups is 1. The van der Waals surface area contributed by atoms with Gasteiger partial charge in [-0.3, -0.25) is 4.79 Å². The van der Waals surface area contributed by atoms with Crippen molar-refractivity contribution < 1.29 is 26.4 Å². The second-order valence-corrected chi connectivity index (χ2v) is 8.39. The lowest BCUT2D eigenvalue weighted by atomic mass is 10.2. The smallest absolute Gasteiger partial charge is 0.326 e. The molecule has 0 atom stereocenters. The second kappa shape index (κ2) is 7.94. The van der Waals surface area contributed by atoms with Crippen molar-refractivity contribution in [1.29, 1.82) is 0 Å². The van der Waals surface area contributed by atoms with Crippen molar-refractivity contribution in [1.82, 2.24) is 9.55 Å². The Morgan fingerprint density at radius 1 is 1.13 bits per heavy atom. The summed E-state index contributed by atoms with van der Waals surface area (Å²) in [5, 5.41) is 2.66. The Morgan fingerprint density at radius 2 is 1.80 bits per heavy atom. The van der Waals surface area contributed by atoms with E-state index in [4.69, 9.17) is 0 Å². The van der Waals surface area contributed by atoms with Crippen molar-refractivity contribution in [3.8, 4) is 0 Å². The summed E-state index contributed by atoms with van der Waals surface area (Å²) in [5.74, 6) is 0.293. The van der Waals surface area contributed by atoms with Crippen molar-refractivity contribution in [3.63, 3.8) is 0 Å². The number of imidazole rings is 1. The van der Waals surface area contributed by atoms with Gasteiger partial charge in [0.05, 0.1) is 15.9 Å². The molecule has 0 saturated carbocycles. The first-order chi connectivity index (χ1) is 14.0. The van der Waals surface area contributed by atoms with Crippen LogP contribution in [0.15, 0.2) is 47.4 Å². The number of aryl methyl sites for hydroxylation is 1. The highest BCUT2D eigenvalue weighted by Gasteiger charge is 2.47. The number of carbonyl (C=O) groups excluding carboxylic acids is 1. The van der Waals surface area contributed by atoms with Gasteiger partial charge >= 0.3 is 5.51 Å². The third kappa shape index (κ3) is 4.23. The van der Waals surface area contributed by atoms with Crippen LogP contribution in [-0.2, 0) is 21.2 Å². The van der Waals surface area contributed by atoms with Crippen LogP contribution in [0.5, 0.6) is 0 Å². The molecule has 0 aliphatic heterocycles. The van der Waals surface area contributed by atoms with Gasteiger partial charge in [0.15, 0.2) is 0 Å². The maximum absolute atomic E-state index is 12.8. The van der Waals surface area contributed by atoms with E-state index in [-0.39, 0.29) is 11.4 Å². The maximum Gasteiger partial charge on any atom is 0.501 e. The number of hydrogen-bond acceptors (Lipinski definition) is 4. The summed E-state index contributed by atoms with van der Waals surface area (Å²) in [6.45, 7) is 3.75. The minimum atomic E-state index is -5.44. The normalized spacial score (nSPS) is 12.6. The zero-order valence-electron chi connectivity index (χ0n) is 16.1. The molecule has 3 aromatic rings. The number of hydrogen-bond donors (Lipinski definition) is 1. The van der Waals surface area contributed by atoms with Crippen LogP contribution >= 0.6 is 0 Å². The van der Waals surface area contributed by atoms with Crippen LogP contribution < -0.4 is 5.32 Å². The molecule has 1 heterocycles. The molecule has 0 fully saturated rings. The van der Waals surface area contributed by atoms with E-state index in [1.54, 1.807) is 41.0 Å². The molecule has 30 heavy (non-hydrogen) atoms. The third-order valence-electron chi connectivity index (χ3n) is 4.34. The van der Waals surface area contributed by atoms with Crippen LogP contribution in [0.2, 0.25) is 0 Å². The van der Waals surface area contributed by atoms with Crippen molar-refractivity contribution in [3.05, 3.63) is 53.9 Å². The van der Waals surface area contributed by atoms with Crippen molar-refractivity contribution in [2.75, 3.05) is 5.32 Å². The van der Waals surface area contributed by atoms with Gasteiger partial charge in [0.1, 0.15) is 5.82 Å². The molecular formula is C20H18F3N3O3S. The van der Waals surface area contributed by atoms with Crippen LogP contribution in [-0.4, -0.2) is 29.4 Å². The van der Waals surface area contributed by atoms with Gasteiger partial charge in [-0.25, -0.2) is 13.4 Å². The predicted molar refractivity (Wildman–Crippen MR) is 108 cm³/mol. The van der Waals surface area contributed by atoms with Gasteiger partial charge in [-0.1, -0.05) is 18.2 Å². The molecular weight excluding hydrogens is 419 g/mol. The van der Waals surface area contributed by atoms with Crippen LogP contribution in [0.3, 0.4) is 0 Å². The summed E-state index contributed by atoms with van der Waals surface area (Å²) >= 11 is 0. The molecule has 6 nitrogen and oxygen atoms in total. The molecule has 1 aromatic heterocycles. The highest BCUT2D eigenvalue weighted by molar-refractivity contribution is 7.92. The molecule has 0 unspecified atom stereocenters. The number of fused-ring (bicyclic) bond motifs is 1. The topological polar surface area (TPSA) is 81.1 Å². The van der Waals surface area contributed by atoms with Gasteiger partial charge in [0, 0.05) is 19.2 Å². The number of halogens is 3. The molecule has 0 aliphatic rings. The van der Waals surface area contributed by atoms with Gasteiger partial charge in [-0.2, -0.15) is 13.2 Å². The highest BCUT2D eigenvalue weighted by Crippen LogP contribution is 2.32. The largest absolute Gasteiger partial charge is 0.501 e. The first kappa shape index (κ1) is 21.6. The van der Waals surface area contributed by atoms with E-state index in [9.17, 15) is 26.4 Å². The lowest BCUT2D eigenvalue weighted by molar-refractivity contribution is -0.114. The number of benzene rings is 2. The summed E-state index contributed by atoms with van der Waals surface area (Å²) in [6, 6.07) is 10.2. The summed E-state index contributed by atoms with van der Waals surface area (Å²) < 4.78 is 63.6. The van der Waals surface area contributed by atoms with Crippen molar-refractivity contribution >= 4 is 44.6 Å². The van der Waals surface area contributed by atoms with E-state index in [1.165, 1.54) is 13.0 Å². The summed E-state index contributed by atoms with van der Waals surface area (Å²) in [5.41, 5.74) is -3.22. The van der Waals surface area contributed by atoms with E-state index in [0.717, 1.165) is 17.7 Å². The van der Waals surface area contributed by atoms with E-state index in [1.807, 2.05) is 6.92 Å². The lowest BCUT2D eigenvalue weighted by Gasteiger charge is -2.08. The Bertz CT molecular complexity index is 1230. The molecule has 158 valence electrons. The number of amides is 1. The predicted octanol–water partition coefficient (Wildman–Crippen LogP) is 4.48. The summed E-state index contributed by atoms with van der Waals surface area (Å²) in [4.78, 5) is 14.5. The number of anilines is 1. The molecule has 10 heteroatoms. The van der Waals surface area contributed by atoms with Gasteiger partial charge in [0.25, 0.3) is 9.84 Å². The maximum atomic E-state index is 12.8. The average Bonchev–Trinajstić information content (AvgIpc) is 3.02. The minimum absolute atomic E-state index is 0.155. The molecule has 3 rings (SSSR count). The SMILES string of the molecule is CCn1c(C=Cc2ccc(NC(C)=O)cc2)nc2cc(S(=O)(=O)C(F)(F)F)ccc21. The van der Waals surface area contributed by atoms with E-state index >= 15 is 0 Å². The highest BCUT2D eigenvalue weighted by atomic mass is 32.2. The van der Waals surface area contributed by atoms with Gasteiger partial charge in [-0.05, 0) is 48.9 Å². The number of nitrogens with one attached hydrogen (secondary N) is 1. The first-order valence-electron chi connectivity index (χ1n) is 8.90. The summed E-state index contributed by atoms with van der Waals surface area (Å²) in [6.07, 6.45) is 3.45. The Hall–Kier alpha value is -3.14. The minimum Gasteiger partial charge on any atom is -0.326 e. The van der Waals surface area contributed by atoms with Crippen molar-refractivity contribution in [2.45, 2.75) is 30.8 Å². The molecule has 0 radical (unpaired) electrons. The fourth-order valence-electron chi connectivity index (χ4n) is 2.94. The number of carbonyl (C=O) groups is 1. The molecule has 2 aromatic carbocycles. The average molecular weight is 437 g/mol. The number of alkyl halides is 3. The van der Waals surface area contributed by atoms with Crippen LogP contribution in [0.25, 0.3) is 23.2 Å². The fourth-order valence-corrected chi connectivity index (χ4v) is 3.72. The van der Waals surface area contributed by atoms with E-state index in [2.05, 4.69) is 10.3 Å². The van der Waals surface area contributed by atoms with E-state index in [0.29, 0.717) is 23.6 Å². The standard InChI is InChI=1S/C20H18F3N3O3S/c1-3-26-18-10-9-16(30(28,29)20(21,22)23)12-17(18)25-19(26)11-6-14-4-7-15(8-5-14)24-13(2)27/h4-12H,3H2,1-2H3,(H,24,27). The molecule has 0 aliphatic carbocycles. The zero-order chi connectivity index (χ0) is 22.1. The quantitative estimate of drug-likeness (QED) is 0.638. The van der Waals surface area contributed by atoms with Gasteiger partial charge in [-0.15, -0.1) is 0 Å². The monoisotopic (exact) mass is 437 g/mol. The zero-order valence-corrected chi connectivity index (χ0v) is 16.9. The Kier molecular flexibility index (Phi) is 5.71. The molecule has 1 amide bonds. The van der Waals surface area contributed by atoms with Crippen molar-refractivity contribution in [2.24, 2.45) is 0 Å². The molecule has 1 N–H and O–H groups in total. The number of nitrogens with zero attached hydrogens (tertiary/aromatic N) is 2. The van der Waals surface area contributed by atoms with Gasteiger partial charge in [0.2, 0.25) is 5.91 Å². The molecule has 0 spiro atoms. The first-order valence-corrected chi connectivity index (χ1v) is 10.4. The second-order valence-electron chi connectivity index (χ2n) is 6.45. The number of rotatable bonds is 5. The Balaban J connectivity index is 1.96.